The number of nitrogens with zero attached hydrogens (tertiary/aromatic N) is 2. The van der Waals surface area contributed by atoms with Gasteiger partial charge in [0.2, 0.25) is 0 Å². The van der Waals surface area contributed by atoms with Gasteiger partial charge in [-0.1, -0.05) is 0 Å². The van der Waals surface area contributed by atoms with E-state index < -0.39 is 0 Å². The normalized spacial score (nSPS) is 32.9. The first-order valence-corrected chi connectivity index (χ1v) is 5.01. The molecule has 1 fully saturated rings. The van der Waals surface area contributed by atoms with Gasteiger partial charge in [-0.15, -0.1) is 0 Å². The van der Waals surface area contributed by atoms with Gasteiger partial charge in [0.15, 0.2) is 0 Å². The summed E-state index contributed by atoms with van der Waals surface area (Å²) in [7, 11) is 0. The molecule has 4 N–H and O–H groups in total. The Morgan fingerprint density at radius 3 is 2.36 bits per heavy atom. The van der Waals surface area contributed by atoms with Crippen molar-refractivity contribution in [3.63, 3.8) is 0 Å². The van der Waals surface area contributed by atoms with E-state index in [1.54, 1.807) is 0 Å². The molecule has 0 unspecified atom stereocenters. The van der Waals surface area contributed by atoms with Crippen molar-refractivity contribution in [2.24, 2.45) is 11.5 Å². The van der Waals surface area contributed by atoms with Crippen molar-refractivity contribution >= 4 is 0 Å². The van der Waals surface area contributed by atoms with E-state index in [2.05, 4.69) is 9.97 Å². The summed E-state index contributed by atoms with van der Waals surface area (Å²) < 4.78 is 0. The number of aromatic nitrogens is 2. The van der Waals surface area contributed by atoms with Crippen LogP contribution in [-0.4, -0.2) is 16.0 Å². The molecule has 1 aromatic heterocycles. The van der Waals surface area contributed by atoms with Crippen LogP contribution in [0.4, 0.5) is 0 Å². The van der Waals surface area contributed by atoms with Crippen LogP contribution in [0.3, 0.4) is 0 Å². The lowest BCUT2D eigenvalue weighted by Crippen LogP contribution is -2.43. The standard InChI is InChI=1S/C10H16N4/c11-9-1-3-10(12,4-2-9)8-5-13-7-14-6-8/h5-7,9H,1-4,11-12H2. The minimum Gasteiger partial charge on any atom is -0.328 e. The Hall–Kier alpha value is -1.00. The lowest BCUT2D eigenvalue weighted by atomic mass is 9.77. The molecule has 4 heteroatoms. The van der Waals surface area contributed by atoms with E-state index in [-0.39, 0.29) is 5.54 Å². The highest BCUT2D eigenvalue weighted by Gasteiger charge is 2.32. The maximum atomic E-state index is 6.31. The van der Waals surface area contributed by atoms with Crippen LogP contribution < -0.4 is 11.5 Å². The average molecular weight is 192 g/mol. The predicted octanol–water partition coefficient (Wildman–Crippen LogP) is 0.532. The van der Waals surface area contributed by atoms with Crippen molar-refractivity contribution in [2.45, 2.75) is 37.3 Å². The number of nitrogens with two attached hydrogens (primary N) is 2. The van der Waals surface area contributed by atoms with E-state index in [9.17, 15) is 0 Å². The van der Waals surface area contributed by atoms with E-state index in [0.29, 0.717) is 6.04 Å². The molecule has 2 rings (SSSR count). The van der Waals surface area contributed by atoms with E-state index in [1.165, 1.54) is 6.33 Å². The zero-order chi connectivity index (χ0) is 10.0. The Kier molecular flexibility index (Phi) is 2.48. The molecule has 1 heterocycles. The highest BCUT2D eigenvalue weighted by Crippen LogP contribution is 2.33. The van der Waals surface area contributed by atoms with Crippen LogP contribution >= 0.6 is 0 Å². The molecule has 0 saturated heterocycles. The number of rotatable bonds is 1. The topological polar surface area (TPSA) is 77.8 Å². The third kappa shape index (κ3) is 1.76. The lowest BCUT2D eigenvalue weighted by Gasteiger charge is -2.35. The highest BCUT2D eigenvalue weighted by atomic mass is 14.8. The second kappa shape index (κ2) is 3.63. The average Bonchev–Trinajstić information content (AvgIpc) is 2.24. The van der Waals surface area contributed by atoms with Crippen LogP contribution in [0.1, 0.15) is 31.2 Å². The van der Waals surface area contributed by atoms with Gasteiger partial charge < -0.3 is 11.5 Å². The summed E-state index contributed by atoms with van der Waals surface area (Å²) in [5.41, 5.74) is 12.9. The number of hydrogen-bond donors (Lipinski definition) is 2. The van der Waals surface area contributed by atoms with Gasteiger partial charge in [-0.2, -0.15) is 0 Å². The fraction of sp³-hybridized carbons (Fsp3) is 0.600. The molecule has 1 aliphatic carbocycles. The van der Waals surface area contributed by atoms with E-state index in [1.807, 2.05) is 12.4 Å². The molecule has 0 amide bonds. The Morgan fingerprint density at radius 1 is 1.21 bits per heavy atom. The largest absolute Gasteiger partial charge is 0.328 e. The monoisotopic (exact) mass is 192 g/mol. The third-order valence-corrected chi connectivity index (χ3v) is 3.06. The molecule has 0 bridgehead atoms. The van der Waals surface area contributed by atoms with Gasteiger partial charge in [0, 0.05) is 29.5 Å². The van der Waals surface area contributed by atoms with Gasteiger partial charge in [0.25, 0.3) is 0 Å². The molecule has 4 nitrogen and oxygen atoms in total. The smallest absolute Gasteiger partial charge is 0.115 e. The van der Waals surface area contributed by atoms with Crippen LogP contribution in [0, 0.1) is 0 Å². The molecule has 0 radical (unpaired) electrons. The maximum absolute atomic E-state index is 6.31. The molecule has 1 aromatic rings. The predicted molar refractivity (Wildman–Crippen MR) is 54.3 cm³/mol. The van der Waals surface area contributed by atoms with E-state index >= 15 is 0 Å². The van der Waals surface area contributed by atoms with Gasteiger partial charge >= 0.3 is 0 Å². The molecule has 76 valence electrons. The van der Waals surface area contributed by atoms with Crippen LogP contribution in [0.25, 0.3) is 0 Å². The van der Waals surface area contributed by atoms with Crippen molar-refractivity contribution in [3.8, 4) is 0 Å². The highest BCUT2D eigenvalue weighted by molar-refractivity contribution is 5.17. The molecule has 0 aromatic carbocycles. The zero-order valence-electron chi connectivity index (χ0n) is 8.19. The zero-order valence-corrected chi connectivity index (χ0v) is 8.19. The third-order valence-electron chi connectivity index (χ3n) is 3.06. The lowest BCUT2D eigenvalue weighted by molar-refractivity contribution is 0.276. The molecule has 14 heavy (non-hydrogen) atoms. The second-order valence-corrected chi connectivity index (χ2v) is 4.12. The first-order chi connectivity index (χ1) is 6.71. The van der Waals surface area contributed by atoms with E-state index in [0.717, 1.165) is 31.2 Å². The van der Waals surface area contributed by atoms with Crippen molar-refractivity contribution in [1.29, 1.82) is 0 Å². The minimum absolute atomic E-state index is 0.253. The molecule has 0 aliphatic heterocycles. The minimum atomic E-state index is -0.253. The van der Waals surface area contributed by atoms with Crippen molar-refractivity contribution < 1.29 is 0 Å². The van der Waals surface area contributed by atoms with Crippen LogP contribution in [0.2, 0.25) is 0 Å². The van der Waals surface area contributed by atoms with Crippen LogP contribution in [0.5, 0.6) is 0 Å². The maximum Gasteiger partial charge on any atom is 0.115 e. The Morgan fingerprint density at radius 2 is 1.79 bits per heavy atom. The van der Waals surface area contributed by atoms with E-state index in [4.69, 9.17) is 11.5 Å². The second-order valence-electron chi connectivity index (χ2n) is 4.12. The fourth-order valence-electron chi connectivity index (χ4n) is 2.00. The summed E-state index contributed by atoms with van der Waals surface area (Å²) in [6.45, 7) is 0. The fourth-order valence-corrected chi connectivity index (χ4v) is 2.00. The SMILES string of the molecule is NC1CCC(N)(c2cncnc2)CC1. The molecule has 0 atom stereocenters. The summed E-state index contributed by atoms with van der Waals surface area (Å²) in [5.74, 6) is 0. The van der Waals surface area contributed by atoms with Gasteiger partial charge in [-0.25, -0.2) is 9.97 Å². The van der Waals surface area contributed by atoms with Crippen LogP contribution in [-0.2, 0) is 5.54 Å². The molecule has 1 saturated carbocycles. The Bertz CT molecular complexity index is 290. The Balaban J connectivity index is 2.17. The summed E-state index contributed by atoms with van der Waals surface area (Å²) in [6, 6.07) is 0.316. The number of hydrogen-bond acceptors (Lipinski definition) is 4. The molecular weight excluding hydrogens is 176 g/mol. The first-order valence-electron chi connectivity index (χ1n) is 5.01. The first kappa shape index (κ1) is 9.55. The van der Waals surface area contributed by atoms with Crippen molar-refractivity contribution in [2.75, 3.05) is 0 Å². The quantitative estimate of drug-likeness (QED) is 0.680. The van der Waals surface area contributed by atoms with Crippen LogP contribution in [0.15, 0.2) is 18.7 Å². The summed E-state index contributed by atoms with van der Waals surface area (Å²) >= 11 is 0. The molecule has 0 spiro atoms. The summed E-state index contributed by atoms with van der Waals surface area (Å²) in [6.07, 6.45) is 9.00. The van der Waals surface area contributed by atoms with Crippen molar-refractivity contribution in [1.82, 2.24) is 9.97 Å². The molecular formula is C10H16N4. The van der Waals surface area contributed by atoms with Gasteiger partial charge in [-0.3, -0.25) is 0 Å². The van der Waals surface area contributed by atoms with Gasteiger partial charge in [-0.05, 0) is 25.7 Å². The Labute approximate surface area is 83.7 Å². The summed E-state index contributed by atoms with van der Waals surface area (Å²) in [5, 5.41) is 0. The van der Waals surface area contributed by atoms with Gasteiger partial charge in [0.05, 0.1) is 0 Å². The molecule has 1 aliphatic rings. The van der Waals surface area contributed by atoms with Crippen molar-refractivity contribution in [3.05, 3.63) is 24.3 Å². The summed E-state index contributed by atoms with van der Waals surface area (Å²) in [4.78, 5) is 8.00. The van der Waals surface area contributed by atoms with Gasteiger partial charge in [0.1, 0.15) is 6.33 Å².